The topological polar surface area (TPSA) is 46.2 Å². The molecule has 1 N–H and O–H groups in total. The van der Waals surface area contributed by atoms with Crippen LogP contribution in [-0.4, -0.2) is 8.42 Å². The van der Waals surface area contributed by atoms with Gasteiger partial charge in [-0.3, -0.25) is 4.72 Å². The zero-order valence-corrected chi connectivity index (χ0v) is 13.7. The van der Waals surface area contributed by atoms with Crippen LogP contribution in [0.2, 0.25) is 0 Å². The lowest BCUT2D eigenvalue weighted by Crippen LogP contribution is -2.13. The van der Waals surface area contributed by atoms with E-state index in [4.69, 9.17) is 0 Å². The van der Waals surface area contributed by atoms with Gasteiger partial charge in [0.05, 0.1) is 4.90 Å². The highest BCUT2D eigenvalue weighted by Gasteiger charge is 2.22. The summed E-state index contributed by atoms with van der Waals surface area (Å²) in [6.07, 6.45) is 1.98. The van der Waals surface area contributed by atoms with Gasteiger partial charge in [0.15, 0.2) is 0 Å². The molecule has 1 aliphatic rings. The maximum atomic E-state index is 12.8. The van der Waals surface area contributed by atoms with Gasteiger partial charge in [-0.2, -0.15) is 0 Å². The molecule has 0 spiro atoms. The van der Waals surface area contributed by atoms with Crippen LogP contribution >= 0.6 is 0 Å². The van der Waals surface area contributed by atoms with Crippen LogP contribution in [-0.2, 0) is 22.9 Å². The van der Waals surface area contributed by atoms with Gasteiger partial charge in [0.2, 0.25) is 0 Å². The summed E-state index contributed by atoms with van der Waals surface area (Å²) in [7, 11) is -3.61. The van der Waals surface area contributed by atoms with Crippen molar-refractivity contribution in [2.24, 2.45) is 0 Å². The van der Waals surface area contributed by atoms with Crippen LogP contribution in [0.3, 0.4) is 0 Å². The average molecular weight is 323 g/mol. The number of anilines is 1. The Hall–Kier alpha value is -2.33. The molecule has 3 aromatic rings. The van der Waals surface area contributed by atoms with Crippen molar-refractivity contribution in [3.05, 3.63) is 71.3 Å². The van der Waals surface area contributed by atoms with Crippen LogP contribution in [0.25, 0.3) is 10.8 Å². The Bertz CT molecular complexity index is 995. The molecule has 0 radical (unpaired) electrons. The fourth-order valence-electron chi connectivity index (χ4n) is 3.29. The van der Waals surface area contributed by atoms with Gasteiger partial charge < -0.3 is 0 Å². The highest BCUT2D eigenvalue weighted by molar-refractivity contribution is 7.93. The Kier molecular flexibility index (Phi) is 3.16. The van der Waals surface area contributed by atoms with Crippen LogP contribution < -0.4 is 4.72 Å². The second-order valence-electron chi connectivity index (χ2n) is 6.03. The molecule has 116 valence electrons. The fraction of sp³-hybridized carbons (Fsp3) is 0.158. The Morgan fingerprint density at radius 2 is 1.57 bits per heavy atom. The predicted octanol–water partition coefficient (Wildman–Crippen LogP) is 4.05. The molecule has 4 heteroatoms. The number of hydrogen-bond acceptors (Lipinski definition) is 2. The van der Waals surface area contributed by atoms with Crippen LogP contribution in [0.1, 0.15) is 16.7 Å². The largest absolute Gasteiger partial charge is 0.280 e. The normalized spacial score (nSPS) is 13.4. The summed E-state index contributed by atoms with van der Waals surface area (Å²) in [5, 5.41) is 1.93. The third kappa shape index (κ3) is 2.39. The first kappa shape index (κ1) is 14.3. The molecule has 0 atom stereocenters. The van der Waals surface area contributed by atoms with E-state index in [-0.39, 0.29) is 0 Å². The quantitative estimate of drug-likeness (QED) is 0.790. The molecule has 0 unspecified atom stereocenters. The van der Waals surface area contributed by atoms with E-state index >= 15 is 0 Å². The van der Waals surface area contributed by atoms with E-state index in [2.05, 4.69) is 10.8 Å². The maximum Gasteiger partial charge on any atom is 0.262 e. The van der Waals surface area contributed by atoms with Crippen molar-refractivity contribution in [3.63, 3.8) is 0 Å². The van der Waals surface area contributed by atoms with Gasteiger partial charge >= 0.3 is 0 Å². The Balaban J connectivity index is 1.84. The lowest BCUT2D eigenvalue weighted by Gasteiger charge is -2.12. The molecule has 23 heavy (non-hydrogen) atoms. The molecule has 0 saturated heterocycles. The number of nitrogens with one attached hydrogen (secondary N) is 1. The summed E-state index contributed by atoms with van der Waals surface area (Å²) in [6, 6.07) is 17.0. The van der Waals surface area contributed by atoms with Crippen molar-refractivity contribution in [3.8, 4) is 0 Å². The van der Waals surface area contributed by atoms with Crippen molar-refractivity contribution >= 4 is 26.5 Å². The fourth-order valence-corrected chi connectivity index (χ4v) is 4.55. The highest BCUT2D eigenvalue weighted by atomic mass is 32.2. The summed E-state index contributed by atoms with van der Waals surface area (Å²) >= 11 is 0. The van der Waals surface area contributed by atoms with Crippen molar-refractivity contribution < 1.29 is 8.42 Å². The molecule has 4 rings (SSSR count). The zero-order valence-electron chi connectivity index (χ0n) is 12.8. The minimum absolute atomic E-state index is 0.348. The van der Waals surface area contributed by atoms with Gasteiger partial charge in [0.1, 0.15) is 0 Å². The van der Waals surface area contributed by atoms with Crippen molar-refractivity contribution in [2.45, 2.75) is 24.7 Å². The molecular weight excluding hydrogens is 306 g/mol. The van der Waals surface area contributed by atoms with Gasteiger partial charge in [0, 0.05) is 11.1 Å². The predicted molar refractivity (Wildman–Crippen MR) is 93.3 cm³/mol. The molecule has 3 nitrogen and oxygen atoms in total. The standard InChI is InChI=1S/C19H17NO2S/c1-13-5-10-16(11-6-13)20-23(21,22)18-12-9-15-8-7-14-3-2-4-17(18)19(14)15/h2-6,9-12,20H,7-8H2,1H3. The van der Waals surface area contributed by atoms with Crippen LogP contribution in [0.5, 0.6) is 0 Å². The number of benzene rings is 3. The van der Waals surface area contributed by atoms with Crippen LogP contribution in [0, 0.1) is 6.92 Å². The molecule has 3 aromatic carbocycles. The highest BCUT2D eigenvalue weighted by Crippen LogP contribution is 2.35. The molecule has 0 aliphatic heterocycles. The Morgan fingerprint density at radius 1 is 0.870 bits per heavy atom. The van der Waals surface area contributed by atoms with Gasteiger partial charge in [-0.15, -0.1) is 0 Å². The summed E-state index contributed by atoms with van der Waals surface area (Å²) in [6.45, 7) is 1.97. The van der Waals surface area contributed by atoms with Gasteiger partial charge in [0.25, 0.3) is 10.0 Å². The van der Waals surface area contributed by atoms with E-state index in [9.17, 15) is 8.42 Å². The number of rotatable bonds is 3. The minimum Gasteiger partial charge on any atom is -0.280 e. The SMILES string of the molecule is Cc1ccc(NS(=O)(=O)c2ccc3c4c(cccc24)CC3)cc1. The van der Waals surface area contributed by atoms with Crippen LogP contribution in [0.4, 0.5) is 5.69 Å². The summed E-state index contributed by atoms with van der Waals surface area (Å²) in [4.78, 5) is 0.348. The zero-order chi connectivity index (χ0) is 16.0. The van der Waals surface area contributed by atoms with Crippen molar-refractivity contribution in [1.82, 2.24) is 0 Å². The van der Waals surface area contributed by atoms with Gasteiger partial charge in [-0.05, 0) is 54.5 Å². The summed E-state index contributed by atoms with van der Waals surface area (Å²) in [5.74, 6) is 0. The van der Waals surface area contributed by atoms with Gasteiger partial charge in [-0.25, -0.2) is 8.42 Å². The monoisotopic (exact) mass is 323 g/mol. The Labute approximate surface area is 136 Å². The first-order chi connectivity index (χ1) is 11.0. The molecule has 0 heterocycles. The molecular formula is C19H17NO2S. The molecule has 1 aliphatic carbocycles. The number of aryl methyl sites for hydroxylation is 3. The number of sulfonamides is 1. The smallest absolute Gasteiger partial charge is 0.262 e. The van der Waals surface area contributed by atoms with E-state index in [1.165, 1.54) is 11.1 Å². The molecule has 0 bridgehead atoms. The van der Waals surface area contributed by atoms with Crippen LogP contribution in [0.15, 0.2) is 59.5 Å². The summed E-state index contributed by atoms with van der Waals surface area (Å²) in [5.41, 5.74) is 4.16. The van der Waals surface area contributed by atoms with Crippen molar-refractivity contribution in [2.75, 3.05) is 4.72 Å². The summed E-state index contributed by atoms with van der Waals surface area (Å²) < 4.78 is 28.4. The van der Waals surface area contributed by atoms with Crippen molar-refractivity contribution in [1.29, 1.82) is 0 Å². The first-order valence-corrected chi connectivity index (χ1v) is 9.16. The van der Waals surface area contributed by atoms with E-state index in [1.54, 1.807) is 18.2 Å². The lowest BCUT2D eigenvalue weighted by molar-refractivity contribution is 0.602. The molecule has 0 aromatic heterocycles. The van der Waals surface area contributed by atoms with E-state index < -0.39 is 10.0 Å². The maximum absolute atomic E-state index is 12.8. The Morgan fingerprint density at radius 3 is 2.30 bits per heavy atom. The molecule has 0 fully saturated rings. The lowest BCUT2D eigenvalue weighted by atomic mass is 10.1. The second-order valence-corrected chi connectivity index (χ2v) is 7.68. The number of hydrogen-bond donors (Lipinski definition) is 1. The van der Waals surface area contributed by atoms with E-state index in [0.29, 0.717) is 10.6 Å². The minimum atomic E-state index is -3.61. The average Bonchev–Trinajstić information content (AvgIpc) is 2.95. The van der Waals surface area contributed by atoms with E-state index in [1.807, 2.05) is 37.3 Å². The third-order valence-electron chi connectivity index (χ3n) is 4.43. The van der Waals surface area contributed by atoms with E-state index in [0.717, 1.165) is 29.2 Å². The molecule has 0 saturated carbocycles. The second kappa shape index (κ2) is 5.10. The molecule has 0 amide bonds. The van der Waals surface area contributed by atoms with Gasteiger partial charge in [-0.1, -0.05) is 42.0 Å². The first-order valence-electron chi connectivity index (χ1n) is 7.67. The third-order valence-corrected chi connectivity index (χ3v) is 5.87.